The van der Waals surface area contributed by atoms with E-state index in [0.717, 1.165) is 29.2 Å². The molecule has 0 heterocycles. The predicted molar refractivity (Wildman–Crippen MR) is 81.3 cm³/mol. The Kier molecular flexibility index (Phi) is 5.02. The van der Waals surface area contributed by atoms with E-state index in [1.54, 1.807) is 0 Å². The second-order valence-corrected chi connectivity index (χ2v) is 4.75. The molecule has 0 radical (unpaired) electrons. The summed E-state index contributed by atoms with van der Waals surface area (Å²) < 4.78 is 11.6. The van der Waals surface area contributed by atoms with E-state index < -0.39 is 0 Å². The molecule has 0 aromatic heterocycles. The molecule has 0 bridgehead atoms. The SMILES string of the molecule is CCCOc1ccccc1Oc1ccc([C@H](C)N)cc1. The summed E-state index contributed by atoms with van der Waals surface area (Å²) >= 11 is 0. The molecule has 0 aliphatic rings. The van der Waals surface area contributed by atoms with Gasteiger partial charge in [-0.2, -0.15) is 0 Å². The van der Waals surface area contributed by atoms with Gasteiger partial charge in [-0.3, -0.25) is 0 Å². The first-order valence-electron chi connectivity index (χ1n) is 6.96. The van der Waals surface area contributed by atoms with Crippen molar-refractivity contribution < 1.29 is 9.47 Å². The molecule has 0 saturated heterocycles. The smallest absolute Gasteiger partial charge is 0.169 e. The number of benzene rings is 2. The van der Waals surface area contributed by atoms with Crippen molar-refractivity contribution in [3.05, 3.63) is 54.1 Å². The number of nitrogens with two attached hydrogens (primary N) is 1. The molecule has 0 aliphatic carbocycles. The van der Waals surface area contributed by atoms with Crippen LogP contribution in [-0.2, 0) is 0 Å². The summed E-state index contributed by atoms with van der Waals surface area (Å²) in [5, 5.41) is 0. The minimum absolute atomic E-state index is 0.0317. The zero-order chi connectivity index (χ0) is 14.4. The van der Waals surface area contributed by atoms with Crippen LogP contribution in [0.2, 0.25) is 0 Å². The van der Waals surface area contributed by atoms with Crippen LogP contribution in [0.1, 0.15) is 31.9 Å². The highest BCUT2D eigenvalue weighted by molar-refractivity contribution is 5.43. The van der Waals surface area contributed by atoms with Gasteiger partial charge >= 0.3 is 0 Å². The number of ether oxygens (including phenoxy) is 2. The first-order valence-corrected chi connectivity index (χ1v) is 6.96. The van der Waals surface area contributed by atoms with Gasteiger partial charge < -0.3 is 15.2 Å². The summed E-state index contributed by atoms with van der Waals surface area (Å²) in [5.41, 5.74) is 6.93. The molecule has 1 atom stereocenters. The highest BCUT2D eigenvalue weighted by Gasteiger charge is 2.06. The lowest BCUT2D eigenvalue weighted by molar-refractivity contribution is 0.302. The molecular formula is C17H21NO2. The van der Waals surface area contributed by atoms with Gasteiger partial charge in [-0.05, 0) is 43.2 Å². The van der Waals surface area contributed by atoms with Gasteiger partial charge in [0.05, 0.1) is 6.61 Å². The number of rotatable bonds is 6. The zero-order valence-corrected chi connectivity index (χ0v) is 12.0. The van der Waals surface area contributed by atoms with Gasteiger partial charge in [0.25, 0.3) is 0 Å². The van der Waals surface area contributed by atoms with Gasteiger partial charge in [0.15, 0.2) is 11.5 Å². The summed E-state index contributed by atoms with van der Waals surface area (Å²) in [6.45, 7) is 4.73. The topological polar surface area (TPSA) is 44.5 Å². The largest absolute Gasteiger partial charge is 0.490 e. The molecule has 3 nitrogen and oxygen atoms in total. The van der Waals surface area contributed by atoms with Crippen molar-refractivity contribution >= 4 is 0 Å². The molecule has 2 rings (SSSR count). The van der Waals surface area contributed by atoms with Crippen molar-refractivity contribution in [1.29, 1.82) is 0 Å². The number of para-hydroxylation sites is 2. The zero-order valence-electron chi connectivity index (χ0n) is 12.0. The lowest BCUT2D eigenvalue weighted by Crippen LogP contribution is -2.04. The lowest BCUT2D eigenvalue weighted by Gasteiger charge is -2.12. The molecule has 2 aromatic rings. The predicted octanol–water partition coefficient (Wildman–Crippen LogP) is 4.29. The highest BCUT2D eigenvalue weighted by atomic mass is 16.5. The van der Waals surface area contributed by atoms with Gasteiger partial charge in [0.2, 0.25) is 0 Å². The van der Waals surface area contributed by atoms with Gasteiger partial charge in [-0.25, -0.2) is 0 Å². The molecule has 20 heavy (non-hydrogen) atoms. The number of hydrogen-bond acceptors (Lipinski definition) is 3. The van der Waals surface area contributed by atoms with Crippen molar-refractivity contribution in [2.24, 2.45) is 5.73 Å². The fourth-order valence-electron chi connectivity index (χ4n) is 1.83. The van der Waals surface area contributed by atoms with Crippen LogP contribution in [0.15, 0.2) is 48.5 Å². The van der Waals surface area contributed by atoms with Crippen molar-refractivity contribution in [2.45, 2.75) is 26.3 Å². The third-order valence-corrected chi connectivity index (χ3v) is 2.94. The maximum atomic E-state index is 5.88. The van der Waals surface area contributed by atoms with E-state index in [9.17, 15) is 0 Å². The molecule has 106 valence electrons. The van der Waals surface area contributed by atoms with Crippen molar-refractivity contribution in [3.63, 3.8) is 0 Å². The van der Waals surface area contributed by atoms with Crippen molar-refractivity contribution in [2.75, 3.05) is 6.61 Å². The van der Waals surface area contributed by atoms with Crippen LogP contribution >= 0.6 is 0 Å². The van der Waals surface area contributed by atoms with Crippen LogP contribution in [0.5, 0.6) is 17.2 Å². The Hall–Kier alpha value is -2.00. The lowest BCUT2D eigenvalue weighted by atomic mass is 10.1. The summed E-state index contributed by atoms with van der Waals surface area (Å²) in [5.74, 6) is 2.28. The Morgan fingerprint density at radius 3 is 2.25 bits per heavy atom. The van der Waals surface area contributed by atoms with Crippen LogP contribution in [0.4, 0.5) is 0 Å². The summed E-state index contributed by atoms with van der Waals surface area (Å²) in [6, 6.07) is 15.5. The van der Waals surface area contributed by atoms with Crippen molar-refractivity contribution in [1.82, 2.24) is 0 Å². The molecule has 0 saturated carbocycles. The minimum Gasteiger partial charge on any atom is -0.490 e. The third kappa shape index (κ3) is 3.75. The molecule has 0 fully saturated rings. The molecule has 2 aromatic carbocycles. The molecular weight excluding hydrogens is 250 g/mol. The van der Waals surface area contributed by atoms with Crippen LogP contribution < -0.4 is 15.2 Å². The maximum absolute atomic E-state index is 5.88. The van der Waals surface area contributed by atoms with E-state index in [0.29, 0.717) is 6.61 Å². The maximum Gasteiger partial charge on any atom is 0.169 e. The molecule has 0 aliphatic heterocycles. The molecule has 3 heteroatoms. The van der Waals surface area contributed by atoms with E-state index in [1.807, 2.05) is 55.5 Å². The first kappa shape index (κ1) is 14.4. The van der Waals surface area contributed by atoms with E-state index in [4.69, 9.17) is 15.2 Å². The Morgan fingerprint density at radius 2 is 1.65 bits per heavy atom. The minimum atomic E-state index is 0.0317. The fraction of sp³-hybridized carbons (Fsp3) is 0.294. The Balaban J connectivity index is 2.13. The van der Waals surface area contributed by atoms with E-state index in [-0.39, 0.29) is 6.04 Å². The molecule has 2 N–H and O–H groups in total. The standard InChI is InChI=1S/C17H21NO2/c1-3-12-19-16-6-4-5-7-17(16)20-15-10-8-14(9-11-15)13(2)18/h4-11,13H,3,12,18H2,1-2H3/t13-/m0/s1. The van der Waals surface area contributed by atoms with E-state index in [1.165, 1.54) is 0 Å². The van der Waals surface area contributed by atoms with Gasteiger partial charge in [-0.1, -0.05) is 31.2 Å². The van der Waals surface area contributed by atoms with Gasteiger partial charge in [0, 0.05) is 6.04 Å². The summed E-state index contributed by atoms with van der Waals surface area (Å²) in [7, 11) is 0. The Morgan fingerprint density at radius 1 is 1.00 bits per heavy atom. The fourth-order valence-corrected chi connectivity index (χ4v) is 1.83. The van der Waals surface area contributed by atoms with Crippen LogP contribution in [-0.4, -0.2) is 6.61 Å². The monoisotopic (exact) mass is 271 g/mol. The average Bonchev–Trinajstić information content (AvgIpc) is 2.47. The summed E-state index contributed by atoms with van der Waals surface area (Å²) in [6.07, 6.45) is 0.970. The second-order valence-electron chi connectivity index (χ2n) is 4.75. The van der Waals surface area contributed by atoms with Gasteiger partial charge in [-0.15, -0.1) is 0 Å². The first-order chi connectivity index (χ1) is 9.70. The number of hydrogen-bond donors (Lipinski definition) is 1. The Labute approximate surface area is 120 Å². The van der Waals surface area contributed by atoms with Crippen LogP contribution in [0.25, 0.3) is 0 Å². The molecule has 0 spiro atoms. The highest BCUT2D eigenvalue weighted by Crippen LogP contribution is 2.31. The quantitative estimate of drug-likeness (QED) is 0.852. The Bertz CT molecular complexity index is 535. The third-order valence-electron chi connectivity index (χ3n) is 2.94. The normalized spacial score (nSPS) is 11.9. The van der Waals surface area contributed by atoms with E-state index in [2.05, 4.69) is 6.92 Å². The average molecular weight is 271 g/mol. The van der Waals surface area contributed by atoms with Gasteiger partial charge in [0.1, 0.15) is 5.75 Å². The molecule has 0 amide bonds. The van der Waals surface area contributed by atoms with Crippen molar-refractivity contribution in [3.8, 4) is 17.2 Å². The van der Waals surface area contributed by atoms with Crippen LogP contribution in [0, 0.1) is 0 Å². The van der Waals surface area contributed by atoms with Crippen LogP contribution in [0.3, 0.4) is 0 Å². The summed E-state index contributed by atoms with van der Waals surface area (Å²) in [4.78, 5) is 0. The van der Waals surface area contributed by atoms with E-state index >= 15 is 0 Å². The molecule has 0 unspecified atom stereocenters. The second kappa shape index (κ2) is 6.96.